The maximum absolute atomic E-state index is 13.1. The van der Waals surface area contributed by atoms with Crippen LogP contribution in [0.2, 0.25) is 0 Å². The van der Waals surface area contributed by atoms with E-state index in [2.05, 4.69) is 4.99 Å². The van der Waals surface area contributed by atoms with Crippen LogP contribution in [0.4, 0.5) is 5.69 Å². The van der Waals surface area contributed by atoms with Crippen molar-refractivity contribution < 1.29 is 9.59 Å². The lowest BCUT2D eigenvalue weighted by Gasteiger charge is -2.30. The van der Waals surface area contributed by atoms with Gasteiger partial charge < -0.3 is 10.6 Å². The van der Waals surface area contributed by atoms with Crippen molar-refractivity contribution in [1.29, 1.82) is 0 Å². The predicted molar refractivity (Wildman–Crippen MR) is 113 cm³/mol. The number of hydrogen-bond donors (Lipinski definition) is 1. The number of para-hydroxylation sites is 1. The largest absolute Gasteiger partial charge is 0.341 e. The van der Waals surface area contributed by atoms with Crippen molar-refractivity contribution in [3.8, 4) is 0 Å². The number of carbonyl (C=O) groups excluding carboxylic acids is 2. The average molecular weight is 385 g/mol. The van der Waals surface area contributed by atoms with Crippen LogP contribution in [0, 0.1) is 12.8 Å². The molecule has 1 saturated heterocycles. The zero-order chi connectivity index (χ0) is 20.3. The summed E-state index contributed by atoms with van der Waals surface area (Å²) in [5, 5.41) is 0. The molecule has 0 unspecified atom stereocenters. The summed E-state index contributed by atoms with van der Waals surface area (Å²) in [6.45, 7) is 7.61. The first kappa shape index (κ1) is 20.5. The normalized spacial score (nSPS) is 21.0. The van der Waals surface area contributed by atoms with Gasteiger partial charge in [0.25, 0.3) is 5.91 Å². The van der Waals surface area contributed by atoms with Crippen molar-refractivity contribution in [2.24, 2.45) is 16.6 Å². The second-order valence-corrected chi connectivity index (χ2v) is 8.16. The van der Waals surface area contributed by atoms with Crippen LogP contribution in [-0.4, -0.2) is 48.2 Å². The van der Waals surface area contributed by atoms with Crippen molar-refractivity contribution in [2.45, 2.75) is 59.0 Å². The van der Waals surface area contributed by atoms with E-state index in [0.717, 1.165) is 61.3 Å². The van der Waals surface area contributed by atoms with E-state index in [1.165, 1.54) is 6.42 Å². The summed E-state index contributed by atoms with van der Waals surface area (Å²) in [5.41, 5.74) is 9.57. The number of benzene rings is 1. The molecule has 6 nitrogen and oxygen atoms in total. The highest BCUT2D eigenvalue weighted by molar-refractivity contribution is 6.15. The first-order chi connectivity index (χ1) is 13.4. The average Bonchev–Trinajstić information content (AvgIpc) is 2.72. The second-order valence-electron chi connectivity index (χ2n) is 8.16. The number of anilines is 1. The number of nitrogens with zero attached hydrogens (tertiary/aromatic N) is 3. The first-order valence-corrected chi connectivity index (χ1v) is 10.4. The highest BCUT2D eigenvalue weighted by Gasteiger charge is 2.33. The van der Waals surface area contributed by atoms with Gasteiger partial charge in [0.05, 0.1) is 5.69 Å². The van der Waals surface area contributed by atoms with Gasteiger partial charge in [-0.05, 0) is 31.2 Å². The van der Waals surface area contributed by atoms with Crippen molar-refractivity contribution in [3.05, 3.63) is 29.3 Å². The molecule has 1 aromatic carbocycles. The minimum Gasteiger partial charge on any atom is -0.341 e. The van der Waals surface area contributed by atoms with Gasteiger partial charge in [-0.25, -0.2) is 0 Å². The Hall–Kier alpha value is -2.21. The zero-order valence-electron chi connectivity index (χ0n) is 17.3. The lowest BCUT2D eigenvalue weighted by molar-refractivity contribution is -0.131. The number of amides is 2. The van der Waals surface area contributed by atoms with Crippen molar-refractivity contribution in [1.82, 2.24) is 4.90 Å². The van der Waals surface area contributed by atoms with E-state index in [1.807, 2.05) is 43.9 Å². The van der Waals surface area contributed by atoms with Gasteiger partial charge in [-0.3, -0.25) is 19.5 Å². The van der Waals surface area contributed by atoms with E-state index in [0.29, 0.717) is 0 Å². The lowest BCUT2D eigenvalue weighted by Crippen LogP contribution is -2.48. The molecule has 2 N–H and O–H groups in total. The van der Waals surface area contributed by atoms with Crippen LogP contribution in [0.1, 0.15) is 57.1 Å². The van der Waals surface area contributed by atoms with Gasteiger partial charge >= 0.3 is 0 Å². The maximum atomic E-state index is 13.1. The number of benzodiazepines with no additional fused rings is 1. The molecule has 1 fully saturated rings. The smallest absolute Gasteiger partial charge is 0.266 e. The molecular weight excluding hydrogens is 352 g/mol. The molecule has 152 valence electrons. The van der Waals surface area contributed by atoms with Crippen molar-refractivity contribution in [2.75, 3.05) is 24.5 Å². The third kappa shape index (κ3) is 4.27. The number of rotatable bonds is 3. The summed E-state index contributed by atoms with van der Waals surface area (Å²) in [6.07, 6.45) is 4.62. The topological polar surface area (TPSA) is 79.0 Å². The number of aryl methyl sites for hydroxylation is 1. The number of nitrogens with two attached hydrogens (primary N) is 1. The number of fused-ring (bicyclic) bond motifs is 1. The minimum absolute atomic E-state index is 0.00958. The molecule has 6 heteroatoms. The van der Waals surface area contributed by atoms with Crippen LogP contribution in [0.25, 0.3) is 0 Å². The Balaban J connectivity index is 1.94. The summed E-state index contributed by atoms with van der Waals surface area (Å²) in [5.74, 6) is -0.194. The van der Waals surface area contributed by atoms with Crippen LogP contribution < -0.4 is 10.6 Å². The summed E-state index contributed by atoms with van der Waals surface area (Å²) < 4.78 is 0. The molecule has 1 atom stereocenters. The van der Waals surface area contributed by atoms with E-state index < -0.39 is 6.17 Å². The number of likely N-dealkylation sites (tertiary alicyclic amines) is 1. The fraction of sp³-hybridized carbons (Fsp3) is 0.591. The predicted octanol–water partition coefficient (Wildman–Crippen LogP) is 2.86. The molecule has 1 aromatic rings. The van der Waals surface area contributed by atoms with Crippen molar-refractivity contribution in [3.63, 3.8) is 0 Å². The maximum Gasteiger partial charge on any atom is 0.266 e. The quantitative estimate of drug-likeness (QED) is 0.870. The van der Waals surface area contributed by atoms with Crippen LogP contribution in [0.15, 0.2) is 23.2 Å². The fourth-order valence-electron chi connectivity index (χ4n) is 4.12. The Morgan fingerprint density at radius 2 is 1.82 bits per heavy atom. The molecular formula is C22H32N4O2. The van der Waals surface area contributed by atoms with E-state index in [-0.39, 0.29) is 24.3 Å². The van der Waals surface area contributed by atoms with Crippen LogP contribution in [-0.2, 0) is 9.59 Å². The Bertz CT molecular complexity index is 764. The molecule has 0 spiro atoms. The van der Waals surface area contributed by atoms with Gasteiger partial charge in [0, 0.05) is 24.4 Å². The Kier molecular flexibility index (Phi) is 6.50. The molecule has 0 bridgehead atoms. The molecule has 2 aliphatic rings. The van der Waals surface area contributed by atoms with Gasteiger partial charge in [0.1, 0.15) is 6.54 Å². The SMILES string of the molecule is Cc1cccc2c1N(CC(=O)N1CCCCCCC1)C(=O)[C@@H](N)N=C2C(C)C. The molecule has 0 aromatic heterocycles. The minimum atomic E-state index is -0.982. The highest BCUT2D eigenvalue weighted by atomic mass is 16.2. The third-order valence-electron chi connectivity index (χ3n) is 5.63. The molecule has 28 heavy (non-hydrogen) atoms. The third-order valence-corrected chi connectivity index (χ3v) is 5.63. The Labute approximate surface area is 167 Å². The van der Waals surface area contributed by atoms with E-state index in [1.54, 1.807) is 4.90 Å². The van der Waals surface area contributed by atoms with E-state index in [9.17, 15) is 9.59 Å². The highest BCUT2D eigenvalue weighted by Crippen LogP contribution is 2.31. The fourth-order valence-corrected chi connectivity index (χ4v) is 4.12. The van der Waals surface area contributed by atoms with Gasteiger partial charge in [-0.15, -0.1) is 0 Å². The Morgan fingerprint density at radius 1 is 1.18 bits per heavy atom. The summed E-state index contributed by atoms with van der Waals surface area (Å²) >= 11 is 0. The van der Waals surface area contributed by atoms with Crippen LogP contribution in [0.5, 0.6) is 0 Å². The first-order valence-electron chi connectivity index (χ1n) is 10.4. The standard InChI is InChI=1S/C22H32N4O2/c1-15(2)19-17-11-9-10-16(3)20(17)26(22(28)21(23)24-19)14-18(27)25-12-7-5-4-6-8-13-25/h9-11,15,21H,4-8,12-14,23H2,1-3H3/t21-/m0/s1. The van der Waals surface area contributed by atoms with Gasteiger partial charge in [0.2, 0.25) is 5.91 Å². The molecule has 3 rings (SSSR count). The van der Waals surface area contributed by atoms with Gasteiger partial charge in [0.15, 0.2) is 6.17 Å². The molecule has 2 amide bonds. The molecule has 2 aliphatic heterocycles. The lowest BCUT2D eigenvalue weighted by atomic mass is 9.96. The summed E-state index contributed by atoms with van der Waals surface area (Å²) in [4.78, 5) is 34.2. The monoisotopic (exact) mass is 384 g/mol. The molecule has 0 radical (unpaired) electrons. The van der Waals surface area contributed by atoms with Crippen molar-refractivity contribution >= 4 is 23.2 Å². The number of carbonyl (C=O) groups is 2. The molecule has 0 saturated carbocycles. The van der Waals surface area contributed by atoms with Gasteiger partial charge in [-0.1, -0.05) is 51.3 Å². The number of aliphatic imine (C=N–C) groups is 1. The van der Waals surface area contributed by atoms with E-state index >= 15 is 0 Å². The van der Waals surface area contributed by atoms with Crippen LogP contribution >= 0.6 is 0 Å². The Morgan fingerprint density at radius 3 is 2.46 bits per heavy atom. The zero-order valence-corrected chi connectivity index (χ0v) is 17.3. The number of hydrogen-bond acceptors (Lipinski definition) is 4. The van der Waals surface area contributed by atoms with E-state index in [4.69, 9.17) is 5.73 Å². The summed E-state index contributed by atoms with van der Waals surface area (Å²) in [6, 6.07) is 5.90. The van der Waals surface area contributed by atoms with Gasteiger partial charge in [-0.2, -0.15) is 0 Å². The molecule has 0 aliphatic carbocycles. The van der Waals surface area contributed by atoms with Crippen LogP contribution in [0.3, 0.4) is 0 Å². The molecule has 2 heterocycles. The summed E-state index contributed by atoms with van der Waals surface area (Å²) in [7, 11) is 0. The second kappa shape index (κ2) is 8.86.